The van der Waals surface area contributed by atoms with Crippen molar-refractivity contribution in [2.24, 2.45) is 0 Å². The number of quaternary nitrogens is 1. The Kier molecular flexibility index (Phi) is 1.93. The average molecular weight is 169 g/mol. The van der Waals surface area contributed by atoms with Gasteiger partial charge in [-0.05, 0) is 12.8 Å². The molecule has 3 heteroatoms. The highest BCUT2D eigenvalue weighted by molar-refractivity contribution is 5.73. The lowest BCUT2D eigenvalue weighted by Gasteiger charge is -2.52. The highest BCUT2D eigenvalue weighted by Gasteiger charge is 2.44. The fourth-order valence-corrected chi connectivity index (χ4v) is 2.31. The molecule has 1 saturated heterocycles. The minimum absolute atomic E-state index is 0.0816. The lowest BCUT2D eigenvalue weighted by atomic mass is 9.91. The first-order valence-corrected chi connectivity index (χ1v) is 4.85. The summed E-state index contributed by atoms with van der Waals surface area (Å²) in [7, 11) is 0. The Morgan fingerprint density at radius 2 is 1.92 bits per heavy atom. The number of hydrogen-bond acceptors (Lipinski definition) is 2. The van der Waals surface area contributed by atoms with E-state index in [-0.39, 0.29) is 11.9 Å². The van der Waals surface area contributed by atoms with E-state index in [4.69, 9.17) is 0 Å². The molecule has 1 amide bonds. The zero-order chi connectivity index (χ0) is 8.60. The fourth-order valence-electron chi connectivity index (χ4n) is 2.31. The smallest absolute Gasteiger partial charge is 0.319 e. The van der Waals surface area contributed by atoms with Gasteiger partial charge in [0.05, 0.1) is 12.6 Å². The fraction of sp³-hybridized carbons (Fsp3) is 0.889. The van der Waals surface area contributed by atoms with Crippen LogP contribution in [0.2, 0.25) is 0 Å². The van der Waals surface area contributed by atoms with Crippen molar-refractivity contribution < 1.29 is 9.44 Å². The third-order valence-electron chi connectivity index (χ3n) is 3.24. The van der Waals surface area contributed by atoms with Gasteiger partial charge in [0.1, 0.15) is 6.42 Å². The van der Waals surface area contributed by atoms with E-state index in [9.17, 15) is 10.0 Å². The average Bonchev–Trinajstić information content (AvgIpc) is 2.16. The van der Waals surface area contributed by atoms with Gasteiger partial charge in [0.25, 0.3) is 0 Å². The topological polar surface area (TPSA) is 40.1 Å². The number of nitrogens with zero attached hydrogens (tertiary/aromatic N) is 1. The molecule has 1 heterocycles. The summed E-state index contributed by atoms with van der Waals surface area (Å²) in [4.78, 5) is 11.1. The van der Waals surface area contributed by atoms with E-state index >= 15 is 0 Å². The molecule has 0 aromatic rings. The summed E-state index contributed by atoms with van der Waals surface area (Å²) in [6.07, 6.45) is 5.97. The Bertz CT molecular complexity index is 199. The van der Waals surface area contributed by atoms with E-state index in [1.54, 1.807) is 0 Å². The Hall–Kier alpha value is -0.410. The second-order valence-electron chi connectivity index (χ2n) is 3.95. The molecule has 0 radical (unpaired) electrons. The molecule has 2 aliphatic rings. The second kappa shape index (κ2) is 2.82. The van der Waals surface area contributed by atoms with Crippen molar-refractivity contribution in [1.82, 2.24) is 0 Å². The van der Waals surface area contributed by atoms with Crippen molar-refractivity contribution in [1.29, 1.82) is 0 Å². The van der Waals surface area contributed by atoms with E-state index in [2.05, 4.69) is 0 Å². The summed E-state index contributed by atoms with van der Waals surface area (Å²) in [5.74, 6) is -0.0816. The molecule has 1 aliphatic heterocycles. The number of β-lactam (4-membered cyclic amide) rings is 1. The maximum atomic E-state index is 11.8. The van der Waals surface area contributed by atoms with Crippen LogP contribution in [0.4, 0.5) is 0 Å². The molecule has 0 spiro atoms. The zero-order valence-corrected chi connectivity index (χ0v) is 7.29. The molecule has 1 atom stereocenters. The first kappa shape index (κ1) is 8.20. The van der Waals surface area contributed by atoms with Crippen LogP contribution in [0, 0.1) is 5.21 Å². The van der Waals surface area contributed by atoms with Crippen LogP contribution < -0.4 is 0 Å². The van der Waals surface area contributed by atoms with Crippen molar-refractivity contribution in [3.8, 4) is 0 Å². The van der Waals surface area contributed by atoms with Gasteiger partial charge in [0, 0.05) is 12.8 Å². The molecule has 0 bridgehead atoms. The summed E-state index contributed by atoms with van der Waals surface area (Å²) in [6, 6.07) is 0.111. The highest BCUT2D eigenvalue weighted by atomic mass is 16.6. The molecular formula is C9H15NO2. The van der Waals surface area contributed by atoms with Gasteiger partial charge in [0.2, 0.25) is 0 Å². The van der Waals surface area contributed by atoms with Crippen LogP contribution in [0.5, 0.6) is 0 Å². The van der Waals surface area contributed by atoms with Gasteiger partial charge < -0.3 is 5.21 Å². The number of hydroxylamine groups is 3. The molecule has 68 valence electrons. The van der Waals surface area contributed by atoms with Crippen LogP contribution in [0.1, 0.15) is 38.5 Å². The van der Waals surface area contributed by atoms with Crippen molar-refractivity contribution in [3.63, 3.8) is 0 Å². The summed E-state index contributed by atoms with van der Waals surface area (Å²) in [6.45, 7) is 0.545. The quantitative estimate of drug-likeness (QED) is 0.339. The third kappa shape index (κ3) is 1.08. The maximum absolute atomic E-state index is 11.8. The maximum Gasteiger partial charge on any atom is 0.319 e. The zero-order valence-electron chi connectivity index (χ0n) is 7.29. The molecule has 0 N–H and O–H groups in total. The minimum Gasteiger partial charge on any atom is -0.625 e. The van der Waals surface area contributed by atoms with Crippen molar-refractivity contribution in [3.05, 3.63) is 5.21 Å². The molecule has 1 saturated carbocycles. The number of carbonyl (C=O) groups excluding carboxylic acids is 1. The molecule has 12 heavy (non-hydrogen) atoms. The van der Waals surface area contributed by atoms with Crippen LogP contribution in [0.15, 0.2) is 0 Å². The van der Waals surface area contributed by atoms with E-state index in [0.29, 0.717) is 13.0 Å². The van der Waals surface area contributed by atoms with Crippen LogP contribution in [-0.4, -0.2) is 23.1 Å². The van der Waals surface area contributed by atoms with Crippen LogP contribution in [0.3, 0.4) is 0 Å². The van der Waals surface area contributed by atoms with E-state index < -0.39 is 4.65 Å². The van der Waals surface area contributed by atoms with Gasteiger partial charge in [-0.3, -0.25) is 4.65 Å². The third-order valence-corrected chi connectivity index (χ3v) is 3.24. The number of amides is 1. The molecule has 2 rings (SSSR count). The Balaban J connectivity index is 2.02. The SMILES string of the molecule is O=C1CC[N+]1([O-])C1CCCCC1. The van der Waals surface area contributed by atoms with Gasteiger partial charge in [-0.2, -0.15) is 0 Å². The minimum atomic E-state index is -0.486. The second-order valence-corrected chi connectivity index (χ2v) is 3.95. The Labute approximate surface area is 72.5 Å². The van der Waals surface area contributed by atoms with E-state index in [0.717, 1.165) is 25.7 Å². The van der Waals surface area contributed by atoms with Crippen LogP contribution in [-0.2, 0) is 4.79 Å². The number of carbonyl (C=O) groups is 1. The number of hydrogen-bond donors (Lipinski definition) is 0. The molecule has 3 nitrogen and oxygen atoms in total. The van der Waals surface area contributed by atoms with Gasteiger partial charge in [-0.15, -0.1) is 0 Å². The lowest BCUT2D eigenvalue weighted by molar-refractivity contribution is -0.858. The van der Waals surface area contributed by atoms with Gasteiger partial charge in [0.15, 0.2) is 0 Å². The van der Waals surface area contributed by atoms with Crippen LogP contribution >= 0.6 is 0 Å². The van der Waals surface area contributed by atoms with E-state index in [1.807, 2.05) is 0 Å². The molecule has 2 fully saturated rings. The summed E-state index contributed by atoms with van der Waals surface area (Å²) in [5, 5.41) is 11.8. The van der Waals surface area contributed by atoms with Gasteiger partial charge in [-0.1, -0.05) is 6.42 Å². The molecular weight excluding hydrogens is 154 g/mol. The first-order valence-electron chi connectivity index (χ1n) is 4.85. The Morgan fingerprint density at radius 3 is 2.33 bits per heavy atom. The highest BCUT2D eigenvalue weighted by Crippen LogP contribution is 2.33. The lowest BCUT2D eigenvalue weighted by Crippen LogP contribution is -2.63. The predicted octanol–water partition coefficient (Wildman–Crippen LogP) is 1.56. The van der Waals surface area contributed by atoms with Crippen molar-refractivity contribution in [2.45, 2.75) is 44.6 Å². The number of rotatable bonds is 1. The van der Waals surface area contributed by atoms with E-state index in [1.165, 1.54) is 6.42 Å². The summed E-state index contributed by atoms with van der Waals surface area (Å²) < 4.78 is -0.486. The Morgan fingerprint density at radius 1 is 1.25 bits per heavy atom. The monoisotopic (exact) mass is 169 g/mol. The normalized spacial score (nSPS) is 37.9. The van der Waals surface area contributed by atoms with Gasteiger partial charge in [-0.25, -0.2) is 4.79 Å². The largest absolute Gasteiger partial charge is 0.625 e. The molecule has 1 unspecified atom stereocenters. The summed E-state index contributed by atoms with van der Waals surface area (Å²) in [5.41, 5.74) is 0. The first-order chi connectivity index (χ1) is 5.73. The molecule has 1 aliphatic carbocycles. The van der Waals surface area contributed by atoms with Gasteiger partial charge >= 0.3 is 5.91 Å². The van der Waals surface area contributed by atoms with Crippen LogP contribution in [0.25, 0.3) is 0 Å². The molecule has 0 aromatic heterocycles. The molecule has 0 aromatic carbocycles. The summed E-state index contributed by atoms with van der Waals surface area (Å²) >= 11 is 0. The standard InChI is InChI=1S/C9H15NO2/c11-9-6-7-10(9,12)8-4-2-1-3-5-8/h8H,1-7H2. The van der Waals surface area contributed by atoms with Crippen molar-refractivity contribution >= 4 is 5.91 Å². The number of likely N-dealkylation sites (tertiary alicyclic amines) is 1. The predicted molar refractivity (Wildman–Crippen MR) is 45.0 cm³/mol. The van der Waals surface area contributed by atoms with Crippen molar-refractivity contribution in [2.75, 3.05) is 6.54 Å².